The number of rotatable bonds is 1. The molecule has 0 saturated carbocycles. The Morgan fingerprint density at radius 2 is 1.94 bits per heavy atom. The third-order valence-corrected chi connectivity index (χ3v) is 3.02. The van der Waals surface area contributed by atoms with Gasteiger partial charge in [-0.3, -0.25) is 0 Å². The molecule has 1 heterocycles. The van der Waals surface area contributed by atoms with Crippen molar-refractivity contribution in [3.05, 3.63) is 24.3 Å². The van der Waals surface area contributed by atoms with Gasteiger partial charge in [0.1, 0.15) is 0 Å². The summed E-state index contributed by atoms with van der Waals surface area (Å²) in [5, 5.41) is 0. The van der Waals surface area contributed by atoms with Crippen LogP contribution in [0.25, 0.3) is 0 Å². The monoisotopic (exact) mass is 236 g/mol. The van der Waals surface area contributed by atoms with Crippen molar-refractivity contribution in [2.24, 2.45) is 0 Å². The van der Waals surface area contributed by atoms with Crippen LogP contribution in [-0.2, 0) is 9.31 Å². The van der Waals surface area contributed by atoms with Gasteiger partial charge in [-0.2, -0.15) is 0 Å². The van der Waals surface area contributed by atoms with Crippen LogP contribution in [0.15, 0.2) is 29.2 Å². The highest BCUT2D eigenvalue weighted by molar-refractivity contribution is 7.80. The lowest BCUT2D eigenvalue weighted by atomic mass is 9.75. The largest absolute Gasteiger partial charge is 0.494 e. The van der Waals surface area contributed by atoms with Crippen LogP contribution in [-0.4, -0.2) is 18.8 Å². The predicted molar refractivity (Wildman–Crippen MR) is 69.4 cm³/mol. The summed E-state index contributed by atoms with van der Waals surface area (Å²) in [4.78, 5) is 0.951. The van der Waals surface area contributed by atoms with Crippen molar-refractivity contribution in [3.63, 3.8) is 0 Å². The van der Waals surface area contributed by atoms with E-state index in [0.29, 0.717) is 0 Å². The molecular formula is C12H17BO2S. The van der Waals surface area contributed by atoms with Gasteiger partial charge in [-0.15, -0.1) is 12.6 Å². The fraction of sp³-hybridized carbons (Fsp3) is 0.500. The van der Waals surface area contributed by atoms with Gasteiger partial charge in [-0.25, -0.2) is 0 Å². The minimum atomic E-state index is -0.257. The van der Waals surface area contributed by atoms with Gasteiger partial charge in [0.05, 0.1) is 5.60 Å². The molecule has 1 aliphatic rings. The van der Waals surface area contributed by atoms with E-state index < -0.39 is 0 Å². The molecule has 0 N–H and O–H groups in total. The maximum absolute atomic E-state index is 5.92. The highest BCUT2D eigenvalue weighted by Gasteiger charge is 2.37. The summed E-state index contributed by atoms with van der Waals surface area (Å²) in [7, 11) is -0.257. The second-order valence-electron chi connectivity index (χ2n) is 4.95. The molecule has 1 aromatic carbocycles. The molecule has 0 amide bonds. The Labute approximate surface area is 103 Å². The van der Waals surface area contributed by atoms with E-state index in [1.54, 1.807) is 0 Å². The summed E-state index contributed by atoms with van der Waals surface area (Å²) in [6, 6.07) is 7.91. The van der Waals surface area contributed by atoms with Crippen molar-refractivity contribution in [2.75, 3.05) is 0 Å². The molecule has 1 saturated heterocycles. The third-order valence-electron chi connectivity index (χ3n) is 2.73. The van der Waals surface area contributed by atoms with Crippen LogP contribution in [0.3, 0.4) is 0 Å². The van der Waals surface area contributed by atoms with E-state index in [4.69, 9.17) is 9.31 Å². The van der Waals surface area contributed by atoms with Crippen LogP contribution in [0.2, 0.25) is 0 Å². The normalized spacial score (nSPS) is 24.5. The lowest BCUT2D eigenvalue weighted by Gasteiger charge is -2.38. The lowest BCUT2D eigenvalue weighted by Crippen LogP contribution is -2.51. The fourth-order valence-corrected chi connectivity index (χ4v) is 2.24. The quantitative estimate of drug-likeness (QED) is 0.595. The predicted octanol–water partition coefficient (Wildman–Crippen LogP) is 2.27. The minimum absolute atomic E-state index is 0.123. The van der Waals surface area contributed by atoms with Crippen molar-refractivity contribution in [2.45, 2.75) is 43.8 Å². The lowest BCUT2D eigenvalue weighted by molar-refractivity contribution is -0.0229. The molecule has 1 unspecified atom stereocenters. The SMILES string of the molecule is CC1CC(C)(C)OB(c2ccc(S)cc2)O1. The van der Waals surface area contributed by atoms with Crippen molar-refractivity contribution in [1.29, 1.82) is 0 Å². The van der Waals surface area contributed by atoms with Crippen molar-refractivity contribution >= 4 is 25.2 Å². The summed E-state index contributed by atoms with van der Waals surface area (Å²) in [5.74, 6) is 0. The van der Waals surface area contributed by atoms with Gasteiger partial charge in [-0.1, -0.05) is 12.1 Å². The number of hydrogen-bond donors (Lipinski definition) is 1. The van der Waals surface area contributed by atoms with Crippen LogP contribution in [0.4, 0.5) is 0 Å². The van der Waals surface area contributed by atoms with E-state index in [0.717, 1.165) is 16.8 Å². The molecule has 0 radical (unpaired) electrons. The van der Waals surface area contributed by atoms with Crippen LogP contribution < -0.4 is 5.46 Å². The molecule has 1 aliphatic heterocycles. The number of thiol groups is 1. The van der Waals surface area contributed by atoms with Crippen molar-refractivity contribution in [1.82, 2.24) is 0 Å². The molecule has 0 bridgehead atoms. The molecule has 1 fully saturated rings. The van der Waals surface area contributed by atoms with Gasteiger partial charge in [0.25, 0.3) is 0 Å². The van der Waals surface area contributed by atoms with E-state index in [2.05, 4.69) is 33.4 Å². The highest BCUT2D eigenvalue weighted by Crippen LogP contribution is 2.25. The van der Waals surface area contributed by atoms with Crippen molar-refractivity contribution < 1.29 is 9.31 Å². The van der Waals surface area contributed by atoms with Gasteiger partial charge in [0.2, 0.25) is 0 Å². The van der Waals surface area contributed by atoms with E-state index in [-0.39, 0.29) is 18.8 Å². The molecule has 16 heavy (non-hydrogen) atoms. The first-order valence-corrected chi connectivity index (χ1v) is 6.03. The molecule has 1 aromatic rings. The van der Waals surface area contributed by atoms with Gasteiger partial charge >= 0.3 is 7.12 Å². The first kappa shape index (κ1) is 12.0. The zero-order valence-electron chi connectivity index (χ0n) is 9.93. The molecule has 4 heteroatoms. The van der Waals surface area contributed by atoms with Gasteiger partial charge in [-0.05, 0) is 44.8 Å². The molecular weight excluding hydrogens is 219 g/mol. The fourth-order valence-electron chi connectivity index (χ4n) is 2.10. The second-order valence-corrected chi connectivity index (χ2v) is 5.47. The molecule has 86 valence electrons. The summed E-state index contributed by atoms with van der Waals surface area (Å²) < 4.78 is 11.7. The summed E-state index contributed by atoms with van der Waals surface area (Å²) in [6.07, 6.45) is 1.15. The Balaban J connectivity index is 2.17. The average molecular weight is 236 g/mol. The van der Waals surface area contributed by atoms with E-state index in [1.165, 1.54) is 0 Å². The smallest absolute Gasteiger partial charge is 0.405 e. The van der Waals surface area contributed by atoms with Gasteiger partial charge in [0, 0.05) is 11.0 Å². The summed E-state index contributed by atoms with van der Waals surface area (Å²) in [5.41, 5.74) is 0.930. The zero-order chi connectivity index (χ0) is 11.8. The van der Waals surface area contributed by atoms with Crippen LogP contribution in [0, 0.1) is 0 Å². The zero-order valence-corrected chi connectivity index (χ0v) is 10.8. The Bertz CT molecular complexity index is 364. The number of benzene rings is 1. The summed E-state index contributed by atoms with van der Waals surface area (Å²) in [6.45, 7) is 6.29. The van der Waals surface area contributed by atoms with E-state index in [9.17, 15) is 0 Å². The Morgan fingerprint density at radius 3 is 2.50 bits per heavy atom. The maximum Gasteiger partial charge on any atom is 0.494 e. The van der Waals surface area contributed by atoms with Gasteiger partial charge < -0.3 is 9.31 Å². The first-order chi connectivity index (χ1) is 7.46. The molecule has 0 spiro atoms. The molecule has 0 aliphatic carbocycles. The van der Waals surface area contributed by atoms with E-state index >= 15 is 0 Å². The molecule has 0 aromatic heterocycles. The van der Waals surface area contributed by atoms with Crippen LogP contribution >= 0.6 is 12.6 Å². The van der Waals surface area contributed by atoms with Crippen LogP contribution in [0.1, 0.15) is 27.2 Å². The number of hydrogen-bond acceptors (Lipinski definition) is 3. The summed E-state index contributed by atoms with van der Waals surface area (Å²) >= 11 is 4.27. The Hall–Kier alpha value is -0.445. The van der Waals surface area contributed by atoms with Crippen LogP contribution in [0.5, 0.6) is 0 Å². The Kier molecular flexibility index (Phi) is 3.33. The first-order valence-electron chi connectivity index (χ1n) is 5.58. The minimum Gasteiger partial charge on any atom is -0.405 e. The Morgan fingerprint density at radius 1 is 1.31 bits per heavy atom. The standard InChI is InChI=1S/C12H17BO2S/c1-9-8-12(2,3)15-13(14-9)10-4-6-11(16)7-5-10/h4-7,9,16H,8H2,1-3H3. The molecule has 1 atom stereocenters. The molecule has 2 nitrogen and oxygen atoms in total. The van der Waals surface area contributed by atoms with Gasteiger partial charge in [0.15, 0.2) is 0 Å². The van der Waals surface area contributed by atoms with Crippen molar-refractivity contribution in [3.8, 4) is 0 Å². The van der Waals surface area contributed by atoms with E-state index in [1.807, 2.05) is 24.3 Å². The molecule has 2 rings (SSSR count). The second kappa shape index (κ2) is 4.44. The third kappa shape index (κ3) is 2.81. The average Bonchev–Trinajstić information content (AvgIpc) is 2.15. The maximum atomic E-state index is 5.92. The topological polar surface area (TPSA) is 18.5 Å². The highest BCUT2D eigenvalue weighted by atomic mass is 32.1.